The second-order valence-electron chi connectivity index (χ2n) is 7.56. The molecule has 0 saturated carbocycles. The Morgan fingerprint density at radius 1 is 0.914 bits per heavy atom. The minimum atomic E-state index is -0.357. The van der Waals surface area contributed by atoms with Gasteiger partial charge >= 0.3 is 0 Å². The number of hydrogen-bond acceptors (Lipinski definition) is 7. The van der Waals surface area contributed by atoms with E-state index in [9.17, 15) is 14.4 Å². The number of tetrazole rings is 1. The van der Waals surface area contributed by atoms with Crippen LogP contribution in [0.15, 0.2) is 72.8 Å². The van der Waals surface area contributed by atoms with Crippen molar-refractivity contribution in [2.75, 3.05) is 17.7 Å². The molecule has 0 aliphatic carbocycles. The fourth-order valence-electron chi connectivity index (χ4n) is 3.30. The maximum absolute atomic E-state index is 12.6. The highest BCUT2D eigenvalue weighted by atomic mass is 16.5. The molecule has 10 heteroatoms. The van der Waals surface area contributed by atoms with E-state index in [1.807, 2.05) is 0 Å². The minimum absolute atomic E-state index is 0.0888. The standard InChI is InChI=1S/C25H22N6O4/c1-16(32)18-6-5-7-20(14-18)26-23(33)15-31-29-24(28-30-31)17-10-12-19(13-11-17)27-25(34)21-8-3-4-9-22(21)35-2/h3-14H,15H2,1-2H3,(H,26,33)(H,27,34). The SMILES string of the molecule is COc1ccccc1C(=O)Nc1ccc(-c2nnn(CC(=O)Nc3cccc(C(C)=O)c3)n2)cc1. The van der Waals surface area contributed by atoms with Gasteiger partial charge in [-0.2, -0.15) is 4.80 Å². The van der Waals surface area contributed by atoms with Crippen molar-refractivity contribution < 1.29 is 19.1 Å². The molecule has 0 saturated heterocycles. The molecule has 2 N–H and O–H groups in total. The first kappa shape index (κ1) is 23.3. The average molecular weight is 470 g/mol. The van der Waals surface area contributed by atoms with Crippen LogP contribution in [0, 0.1) is 0 Å². The predicted molar refractivity (Wildman–Crippen MR) is 129 cm³/mol. The van der Waals surface area contributed by atoms with Crippen LogP contribution >= 0.6 is 0 Å². The number of rotatable bonds is 8. The van der Waals surface area contributed by atoms with Crippen molar-refractivity contribution in [3.63, 3.8) is 0 Å². The number of amides is 2. The highest BCUT2D eigenvalue weighted by molar-refractivity contribution is 6.06. The number of ketones is 1. The van der Waals surface area contributed by atoms with Gasteiger partial charge in [-0.05, 0) is 60.7 Å². The van der Waals surface area contributed by atoms with E-state index in [4.69, 9.17) is 4.74 Å². The summed E-state index contributed by atoms with van der Waals surface area (Å²) in [6, 6.07) is 20.6. The summed E-state index contributed by atoms with van der Waals surface area (Å²) in [7, 11) is 1.51. The second kappa shape index (κ2) is 10.4. The Kier molecular flexibility index (Phi) is 6.91. The van der Waals surface area contributed by atoms with Gasteiger partial charge in [0.25, 0.3) is 5.91 Å². The van der Waals surface area contributed by atoms with Gasteiger partial charge in [0.2, 0.25) is 11.7 Å². The van der Waals surface area contributed by atoms with Gasteiger partial charge in [-0.25, -0.2) is 0 Å². The third-order valence-electron chi connectivity index (χ3n) is 5.04. The summed E-state index contributed by atoms with van der Waals surface area (Å²) in [6.07, 6.45) is 0. The lowest BCUT2D eigenvalue weighted by Gasteiger charge is -2.09. The van der Waals surface area contributed by atoms with Crippen molar-refractivity contribution in [1.29, 1.82) is 0 Å². The molecular weight excluding hydrogens is 448 g/mol. The molecule has 176 valence electrons. The Bertz CT molecular complexity index is 1380. The molecule has 0 aliphatic heterocycles. The van der Waals surface area contributed by atoms with E-state index in [0.717, 1.165) is 0 Å². The van der Waals surface area contributed by atoms with E-state index < -0.39 is 0 Å². The van der Waals surface area contributed by atoms with Crippen LogP contribution in [0.4, 0.5) is 11.4 Å². The third-order valence-corrected chi connectivity index (χ3v) is 5.04. The van der Waals surface area contributed by atoms with E-state index in [1.54, 1.807) is 72.8 Å². The Hall–Kier alpha value is -4.86. The highest BCUT2D eigenvalue weighted by Gasteiger charge is 2.13. The summed E-state index contributed by atoms with van der Waals surface area (Å²) in [4.78, 5) is 37.6. The minimum Gasteiger partial charge on any atom is -0.496 e. The lowest BCUT2D eigenvalue weighted by atomic mass is 10.1. The van der Waals surface area contributed by atoms with E-state index in [0.29, 0.717) is 39.6 Å². The number of para-hydroxylation sites is 1. The number of benzene rings is 3. The predicted octanol–water partition coefficient (Wildman–Crippen LogP) is 3.44. The molecule has 0 radical (unpaired) electrons. The second-order valence-corrected chi connectivity index (χ2v) is 7.56. The first-order valence-electron chi connectivity index (χ1n) is 10.7. The molecule has 3 aromatic carbocycles. The average Bonchev–Trinajstić information content (AvgIpc) is 3.32. The number of carbonyl (C=O) groups is 3. The zero-order valence-electron chi connectivity index (χ0n) is 19.1. The van der Waals surface area contributed by atoms with Crippen LogP contribution in [0.2, 0.25) is 0 Å². The quantitative estimate of drug-likeness (QED) is 0.378. The van der Waals surface area contributed by atoms with E-state index >= 15 is 0 Å². The smallest absolute Gasteiger partial charge is 0.259 e. The fourth-order valence-corrected chi connectivity index (χ4v) is 3.30. The number of carbonyl (C=O) groups excluding carboxylic acids is 3. The molecule has 0 fully saturated rings. The molecule has 10 nitrogen and oxygen atoms in total. The molecule has 0 bridgehead atoms. The summed E-state index contributed by atoms with van der Waals surface area (Å²) in [5.41, 5.74) is 2.70. The first-order valence-corrected chi connectivity index (χ1v) is 10.7. The van der Waals surface area contributed by atoms with Crippen LogP contribution < -0.4 is 15.4 Å². The summed E-state index contributed by atoms with van der Waals surface area (Å²) < 4.78 is 5.23. The Morgan fingerprint density at radius 2 is 1.69 bits per heavy atom. The number of nitrogens with one attached hydrogen (secondary N) is 2. The lowest BCUT2D eigenvalue weighted by molar-refractivity contribution is -0.117. The van der Waals surface area contributed by atoms with Gasteiger partial charge in [-0.1, -0.05) is 24.3 Å². The molecule has 4 rings (SSSR count). The van der Waals surface area contributed by atoms with E-state index in [-0.39, 0.29) is 24.1 Å². The van der Waals surface area contributed by atoms with Gasteiger partial charge in [0.05, 0.1) is 12.7 Å². The van der Waals surface area contributed by atoms with Crippen molar-refractivity contribution in [2.24, 2.45) is 0 Å². The van der Waals surface area contributed by atoms with Gasteiger partial charge < -0.3 is 15.4 Å². The molecule has 1 aromatic heterocycles. The number of methoxy groups -OCH3 is 1. The monoisotopic (exact) mass is 470 g/mol. The summed E-state index contributed by atoms with van der Waals surface area (Å²) in [5, 5.41) is 17.7. The Morgan fingerprint density at radius 3 is 2.43 bits per heavy atom. The van der Waals surface area contributed by atoms with Crippen LogP contribution in [0.25, 0.3) is 11.4 Å². The number of nitrogens with zero attached hydrogens (tertiary/aromatic N) is 4. The Balaban J connectivity index is 1.38. The Labute approximate surface area is 200 Å². The number of hydrogen-bond donors (Lipinski definition) is 2. The van der Waals surface area contributed by atoms with Gasteiger partial charge in [-0.3, -0.25) is 14.4 Å². The van der Waals surface area contributed by atoms with Crippen molar-refractivity contribution in [1.82, 2.24) is 20.2 Å². The third kappa shape index (κ3) is 5.74. The van der Waals surface area contributed by atoms with Gasteiger partial charge in [-0.15, -0.1) is 10.2 Å². The largest absolute Gasteiger partial charge is 0.496 e. The van der Waals surface area contributed by atoms with Gasteiger partial charge in [0.15, 0.2) is 5.78 Å². The molecule has 0 aliphatic rings. The van der Waals surface area contributed by atoms with Crippen molar-refractivity contribution >= 4 is 29.0 Å². The normalized spacial score (nSPS) is 10.5. The number of aromatic nitrogens is 4. The van der Waals surface area contributed by atoms with Crippen LogP contribution in [0.1, 0.15) is 27.6 Å². The molecule has 0 unspecified atom stereocenters. The van der Waals surface area contributed by atoms with E-state index in [2.05, 4.69) is 26.0 Å². The van der Waals surface area contributed by atoms with Crippen LogP contribution in [0.5, 0.6) is 5.75 Å². The maximum atomic E-state index is 12.6. The van der Waals surface area contributed by atoms with Gasteiger partial charge in [0.1, 0.15) is 12.3 Å². The van der Waals surface area contributed by atoms with Crippen LogP contribution in [-0.2, 0) is 11.3 Å². The summed E-state index contributed by atoms with van der Waals surface area (Å²) >= 11 is 0. The molecule has 4 aromatic rings. The molecule has 0 atom stereocenters. The lowest BCUT2D eigenvalue weighted by Crippen LogP contribution is -2.20. The van der Waals surface area contributed by atoms with Crippen molar-refractivity contribution in [3.8, 4) is 17.1 Å². The molecule has 2 amide bonds. The summed E-state index contributed by atoms with van der Waals surface area (Å²) in [5.74, 6) is 0.0780. The van der Waals surface area contributed by atoms with E-state index in [1.165, 1.54) is 18.8 Å². The van der Waals surface area contributed by atoms with Crippen LogP contribution in [-0.4, -0.2) is 44.9 Å². The summed E-state index contributed by atoms with van der Waals surface area (Å²) in [6.45, 7) is 1.31. The highest BCUT2D eigenvalue weighted by Crippen LogP contribution is 2.21. The zero-order chi connectivity index (χ0) is 24.8. The molecule has 35 heavy (non-hydrogen) atoms. The molecule has 0 spiro atoms. The zero-order valence-corrected chi connectivity index (χ0v) is 19.1. The number of anilines is 2. The number of Topliss-reactive ketones (excluding diaryl/α,β-unsaturated/α-hetero) is 1. The fraction of sp³-hybridized carbons (Fsp3) is 0.120. The first-order chi connectivity index (χ1) is 16.9. The number of ether oxygens (including phenoxy) is 1. The van der Waals surface area contributed by atoms with Crippen molar-refractivity contribution in [3.05, 3.63) is 83.9 Å². The topological polar surface area (TPSA) is 128 Å². The molecular formula is C25H22N6O4. The maximum Gasteiger partial charge on any atom is 0.259 e. The van der Waals surface area contributed by atoms with Gasteiger partial charge in [0, 0.05) is 22.5 Å². The molecule has 1 heterocycles. The van der Waals surface area contributed by atoms with Crippen molar-refractivity contribution in [2.45, 2.75) is 13.5 Å². The van der Waals surface area contributed by atoms with Crippen LogP contribution in [0.3, 0.4) is 0 Å².